The first-order valence-electron chi connectivity index (χ1n) is 6.43. The van der Waals surface area contributed by atoms with Gasteiger partial charge in [-0.25, -0.2) is 0 Å². The molecule has 2 saturated heterocycles. The van der Waals surface area contributed by atoms with Crippen molar-refractivity contribution in [3.8, 4) is 0 Å². The summed E-state index contributed by atoms with van der Waals surface area (Å²) in [5.41, 5.74) is -0.506. The first-order valence-corrected chi connectivity index (χ1v) is 6.43. The number of halogens is 3. The normalized spacial score (nSPS) is 23.5. The highest BCUT2D eigenvalue weighted by Gasteiger charge is 2.40. The molecule has 0 aliphatic carbocycles. The lowest BCUT2D eigenvalue weighted by Gasteiger charge is -2.48. The first-order chi connectivity index (χ1) is 8.97. The van der Waals surface area contributed by atoms with Crippen molar-refractivity contribution in [1.29, 1.82) is 0 Å². The molecule has 3 heterocycles. The SMILES string of the molecule is FC(F)(F)c1cc(CN2CCC3(CC2)CNC3)on1. The van der Waals surface area contributed by atoms with Crippen molar-refractivity contribution in [3.05, 3.63) is 17.5 Å². The van der Waals surface area contributed by atoms with E-state index in [4.69, 9.17) is 4.52 Å². The third-order valence-electron chi connectivity index (χ3n) is 4.15. The van der Waals surface area contributed by atoms with Crippen LogP contribution in [0.5, 0.6) is 0 Å². The molecule has 19 heavy (non-hydrogen) atoms. The van der Waals surface area contributed by atoms with E-state index in [1.54, 1.807) is 0 Å². The van der Waals surface area contributed by atoms with Crippen molar-refractivity contribution in [1.82, 2.24) is 15.4 Å². The fraction of sp³-hybridized carbons (Fsp3) is 0.750. The van der Waals surface area contributed by atoms with E-state index in [9.17, 15) is 13.2 Å². The zero-order chi connectivity index (χ0) is 13.5. The molecular formula is C12H16F3N3O. The average molecular weight is 275 g/mol. The Labute approximate surface area is 108 Å². The topological polar surface area (TPSA) is 41.3 Å². The lowest BCUT2D eigenvalue weighted by molar-refractivity contribution is -0.142. The Hall–Kier alpha value is -1.08. The summed E-state index contributed by atoms with van der Waals surface area (Å²) in [6.07, 6.45) is -2.23. The van der Waals surface area contributed by atoms with E-state index in [0.717, 1.165) is 45.1 Å². The van der Waals surface area contributed by atoms with E-state index < -0.39 is 11.9 Å². The van der Waals surface area contributed by atoms with Crippen molar-refractivity contribution in [2.75, 3.05) is 26.2 Å². The smallest absolute Gasteiger partial charge is 0.359 e. The minimum atomic E-state index is -4.43. The maximum Gasteiger partial charge on any atom is 0.436 e. The molecular weight excluding hydrogens is 259 g/mol. The van der Waals surface area contributed by atoms with Crippen molar-refractivity contribution in [2.45, 2.75) is 25.6 Å². The summed E-state index contributed by atoms with van der Waals surface area (Å²) >= 11 is 0. The quantitative estimate of drug-likeness (QED) is 0.894. The molecule has 0 unspecified atom stereocenters. The number of piperidine rings is 1. The summed E-state index contributed by atoms with van der Waals surface area (Å²) < 4.78 is 41.9. The van der Waals surface area contributed by atoms with Crippen LogP contribution < -0.4 is 5.32 Å². The molecule has 1 aromatic rings. The molecule has 7 heteroatoms. The molecule has 3 rings (SSSR count). The third kappa shape index (κ3) is 2.62. The van der Waals surface area contributed by atoms with Crippen molar-refractivity contribution in [2.24, 2.45) is 5.41 Å². The van der Waals surface area contributed by atoms with Crippen molar-refractivity contribution < 1.29 is 17.7 Å². The molecule has 106 valence electrons. The van der Waals surface area contributed by atoms with Gasteiger partial charge in [0.25, 0.3) is 0 Å². The Morgan fingerprint density at radius 2 is 2.00 bits per heavy atom. The molecule has 0 saturated carbocycles. The van der Waals surface area contributed by atoms with Gasteiger partial charge >= 0.3 is 6.18 Å². The second-order valence-corrected chi connectivity index (χ2v) is 5.56. The van der Waals surface area contributed by atoms with Crippen LogP contribution in [0.15, 0.2) is 10.6 Å². The van der Waals surface area contributed by atoms with Gasteiger partial charge in [0.2, 0.25) is 0 Å². The number of aromatic nitrogens is 1. The highest BCUT2D eigenvalue weighted by atomic mass is 19.4. The molecule has 1 N–H and O–H groups in total. The maximum atomic E-state index is 12.4. The van der Waals surface area contributed by atoms with Gasteiger partial charge in [-0.15, -0.1) is 0 Å². The van der Waals surface area contributed by atoms with Crippen LogP contribution in [0.25, 0.3) is 0 Å². The monoisotopic (exact) mass is 275 g/mol. The molecule has 2 aliphatic rings. The van der Waals surface area contributed by atoms with E-state index in [1.165, 1.54) is 0 Å². The predicted octanol–water partition coefficient (Wildman–Crippen LogP) is 1.88. The number of rotatable bonds is 2. The summed E-state index contributed by atoms with van der Waals surface area (Å²) in [6, 6.07) is 0.995. The van der Waals surface area contributed by atoms with Gasteiger partial charge in [-0.2, -0.15) is 13.2 Å². The Kier molecular flexibility index (Phi) is 3.05. The van der Waals surface area contributed by atoms with Crippen molar-refractivity contribution >= 4 is 0 Å². The highest BCUT2D eigenvalue weighted by molar-refractivity contribution is 5.09. The molecule has 0 aromatic carbocycles. The molecule has 2 aliphatic heterocycles. The number of likely N-dealkylation sites (tertiary alicyclic amines) is 1. The highest BCUT2D eigenvalue weighted by Crippen LogP contribution is 2.35. The molecule has 0 bridgehead atoms. The lowest BCUT2D eigenvalue weighted by Crippen LogP contribution is -2.58. The van der Waals surface area contributed by atoms with Gasteiger partial charge < -0.3 is 9.84 Å². The molecule has 4 nitrogen and oxygen atoms in total. The minimum absolute atomic E-state index is 0.287. The molecule has 0 atom stereocenters. The molecule has 0 radical (unpaired) electrons. The van der Waals surface area contributed by atoms with E-state index in [-0.39, 0.29) is 5.76 Å². The Morgan fingerprint density at radius 1 is 1.32 bits per heavy atom. The Bertz CT molecular complexity index is 443. The summed E-state index contributed by atoms with van der Waals surface area (Å²) in [5, 5.41) is 6.36. The lowest BCUT2D eigenvalue weighted by atomic mass is 9.73. The summed E-state index contributed by atoms with van der Waals surface area (Å²) in [7, 11) is 0. The standard InChI is InChI=1S/C12H16F3N3O/c13-12(14,15)10-5-9(19-17-10)6-18-3-1-11(2-4-18)7-16-8-11/h5,16H,1-4,6-8H2. The van der Waals surface area contributed by atoms with Gasteiger partial charge in [-0.05, 0) is 31.3 Å². The van der Waals surface area contributed by atoms with Crippen LogP contribution >= 0.6 is 0 Å². The molecule has 2 fully saturated rings. The fourth-order valence-electron chi connectivity index (χ4n) is 2.76. The number of hydrogen-bond donors (Lipinski definition) is 1. The van der Waals surface area contributed by atoms with Crippen LogP contribution in [-0.2, 0) is 12.7 Å². The largest absolute Gasteiger partial charge is 0.436 e. The second kappa shape index (κ2) is 4.49. The van der Waals surface area contributed by atoms with Crippen LogP contribution in [0, 0.1) is 5.41 Å². The van der Waals surface area contributed by atoms with Crippen LogP contribution in [-0.4, -0.2) is 36.2 Å². The van der Waals surface area contributed by atoms with E-state index >= 15 is 0 Å². The fourth-order valence-corrected chi connectivity index (χ4v) is 2.76. The van der Waals surface area contributed by atoms with Gasteiger partial charge in [0, 0.05) is 19.2 Å². The van der Waals surface area contributed by atoms with E-state index in [1.807, 2.05) is 0 Å². The average Bonchev–Trinajstić information content (AvgIpc) is 2.76. The molecule has 1 spiro atoms. The van der Waals surface area contributed by atoms with Gasteiger partial charge in [-0.3, -0.25) is 4.90 Å². The minimum Gasteiger partial charge on any atom is -0.359 e. The van der Waals surface area contributed by atoms with Crippen LogP contribution in [0.2, 0.25) is 0 Å². The number of hydrogen-bond acceptors (Lipinski definition) is 4. The maximum absolute atomic E-state index is 12.4. The van der Waals surface area contributed by atoms with E-state index in [0.29, 0.717) is 12.0 Å². The van der Waals surface area contributed by atoms with E-state index in [2.05, 4.69) is 15.4 Å². The second-order valence-electron chi connectivity index (χ2n) is 5.56. The van der Waals surface area contributed by atoms with Gasteiger partial charge in [0.1, 0.15) is 0 Å². The zero-order valence-corrected chi connectivity index (χ0v) is 10.5. The zero-order valence-electron chi connectivity index (χ0n) is 10.5. The van der Waals surface area contributed by atoms with Crippen LogP contribution in [0.1, 0.15) is 24.3 Å². The van der Waals surface area contributed by atoms with Gasteiger partial charge in [0.05, 0.1) is 6.54 Å². The number of nitrogens with zero attached hydrogens (tertiary/aromatic N) is 2. The van der Waals surface area contributed by atoms with Crippen LogP contribution in [0.3, 0.4) is 0 Å². The summed E-state index contributed by atoms with van der Waals surface area (Å²) in [5.74, 6) is 0.287. The third-order valence-corrected chi connectivity index (χ3v) is 4.15. The number of nitrogens with one attached hydrogen (secondary N) is 1. The van der Waals surface area contributed by atoms with Crippen molar-refractivity contribution in [3.63, 3.8) is 0 Å². The molecule has 0 amide bonds. The van der Waals surface area contributed by atoms with Crippen LogP contribution in [0.4, 0.5) is 13.2 Å². The Morgan fingerprint density at radius 3 is 2.47 bits per heavy atom. The van der Waals surface area contributed by atoms with Gasteiger partial charge in [0.15, 0.2) is 11.5 Å². The predicted molar refractivity (Wildman–Crippen MR) is 61.3 cm³/mol. The number of alkyl halides is 3. The summed E-state index contributed by atoms with van der Waals surface area (Å²) in [6.45, 7) is 4.36. The first kappa shape index (κ1) is 12.9. The van der Waals surface area contributed by atoms with Gasteiger partial charge in [-0.1, -0.05) is 5.16 Å². The molecule has 1 aromatic heterocycles. The Balaban J connectivity index is 1.56. The summed E-state index contributed by atoms with van der Waals surface area (Å²) in [4.78, 5) is 2.13.